The summed E-state index contributed by atoms with van der Waals surface area (Å²) in [4.78, 5) is 33.2. The summed E-state index contributed by atoms with van der Waals surface area (Å²) in [6.07, 6.45) is 3.29. The lowest BCUT2D eigenvalue weighted by Gasteiger charge is -2.05. The molecule has 20 heavy (non-hydrogen) atoms. The van der Waals surface area contributed by atoms with Crippen LogP contribution in [-0.4, -0.2) is 36.6 Å². The van der Waals surface area contributed by atoms with Gasteiger partial charge in [-0.3, -0.25) is 14.4 Å². The summed E-state index contributed by atoms with van der Waals surface area (Å²) in [5.41, 5.74) is 0.939. The van der Waals surface area contributed by atoms with E-state index in [0.29, 0.717) is 11.1 Å². The van der Waals surface area contributed by atoms with E-state index in [1.54, 1.807) is 36.4 Å². The van der Waals surface area contributed by atoms with Gasteiger partial charge >= 0.3 is 11.9 Å². The van der Waals surface area contributed by atoms with E-state index in [-0.39, 0.29) is 12.4 Å². The Morgan fingerprint density at radius 1 is 1.30 bits per heavy atom. The van der Waals surface area contributed by atoms with Gasteiger partial charge in [0.15, 0.2) is 0 Å². The zero-order valence-corrected chi connectivity index (χ0v) is 11.0. The maximum atomic E-state index is 11.8. The van der Waals surface area contributed by atoms with Crippen LogP contribution < -0.4 is 5.32 Å². The Morgan fingerprint density at radius 3 is 2.65 bits per heavy atom. The number of amides is 1. The molecule has 0 aliphatic carbocycles. The summed E-state index contributed by atoms with van der Waals surface area (Å²) < 4.78 is 4.50. The molecule has 0 fully saturated rings. The van der Waals surface area contributed by atoms with E-state index in [1.165, 1.54) is 7.11 Å². The highest BCUT2D eigenvalue weighted by atomic mass is 16.5. The molecule has 2 N–H and O–H groups in total. The Kier molecular flexibility index (Phi) is 5.96. The third-order valence-corrected chi connectivity index (χ3v) is 2.42. The van der Waals surface area contributed by atoms with Crippen molar-refractivity contribution >= 4 is 23.9 Å². The normalized spacial score (nSPS) is 10.2. The molecule has 0 aromatic heterocycles. The second-order valence-corrected chi connectivity index (χ2v) is 3.85. The number of carboxylic acid groups (broad SMARTS) is 1. The first-order valence-corrected chi connectivity index (χ1v) is 5.87. The molecule has 0 aliphatic rings. The fraction of sp³-hybridized carbons (Fsp3) is 0.214. The van der Waals surface area contributed by atoms with Crippen molar-refractivity contribution in [3.63, 3.8) is 0 Å². The first-order chi connectivity index (χ1) is 9.54. The molecule has 106 valence electrons. The van der Waals surface area contributed by atoms with Crippen LogP contribution in [0, 0.1) is 0 Å². The van der Waals surface area contributed by atoms with E-state index >= 15 is 0 Å². The lowest BCUT2D eigenvalue weighted by molar-refractivity contribution is -0.139. The molecule has 0 spiro atoms. The fourth-order valence-electron chi connectivity index (χ4n) is 1.47. The smallest absolute Gasteiger partial charge is 0.322 e. The maximum Gasteiger partial charge on any atom is 0.322 e. The number of hydrogen-bond acceptors (Lipinski definition) is 4. The second kappa shape index (κ2) is 7.73. The Labute approximate surface area is 116 Å². The molecule has 0 unspecified atom stereocenters. The van der Waals surface area contributed by atoms with Crippen LogP contribution in [0.25, 0.3) is 6.08 Å². The van der Waals surface area contributed by atoms with E-state index in [2.05, 4.69) is 10.1 Å². The summed E-state index contributed by atoms with van der Waals surface area (Å²) in [5, 5.41) is 10.8. The summed E-state index contributed by atoms with van der Waals surface area (Å²) in [5.74, 6) is -1.98. The van der Waals surface area contributed by atoms with Gasteiger partial charge in [-0.2, -0.15) is 0 Å². The average Bonchev–Trinajstić information content (AvgIpc) is 2.45. The van der Waals surface area contributed by atoms with Gasteiger partial charge < -0.3 is 15.2 Å². The van der Waals surface area contributed by atoms with Crippen LogP contribution >= 0.6 is 0 Å². The molecule has 0 aliphatic heterocycles. The highest BCUT2D eigenvalue weighted by Gasteiger charge is 2.10. The van der Waals surface area contributed by atoms with Crippen molar-refractivity contribution in [2.24, 2.45) is 0 Å². The number of carbonyl (C=O) groups excluding carboxylic acids is 2. The number of nitrogens with one attached hydrogen (secondary N) is 1. The molecule has 6 nitrogen and oxygen atoms in total. The molecule has 0 radical (unpaired) electrons. The number of hydrogen-bond donors (Lipinski definition) is 2. The van der Waals surface area contributed by atoms with Gasteiger partial charge in [-0.05, 0) is 11.6 Å². The van der Waals surface area contributed by atoms with Gasteiger partial charge in [0.2, 0.25) is 0 Å². The summed E-state index contributed by atoms with van der Waals surface area (Å²) >= 11 is 0. The van der Waals surface area contributed by atoms with Crippen molar-refractivity contribution in [1.82, 2.24) is 5.32 Å². The monoisotopic (exact) mass is 277 g/mol. The highest BCUT2D eigenvalue weighted by molar-refractivity contribution is 5.99. The van der Waals surface area contributed by atoms with Gasteiger partial charge in [0.25, 0.3) is 5.91 Å². The Balaban J connectivity index is 2.79. The van der Waals surface area contributed by atoms with E-state index in [0.717, 1.165) is 0 Å². The van der Waals surface area contributed by atoms with Gasteiger partial charge in [-0.25, -0.2) is 0 Å². The van der Waals surface area contributed by atoms with Gasteiger partial charge in [0.1, 0.15) is 6.54 Å². The maximum absolute atomic E-state index is 11.8. The highest BCUT2D eigenvalue weighted by Crippen LogP contribution is 2.11. The minimum atomic E-state index is -1.11. The van der Waals surface area contributed by atoms with Gasteiger partial charge in [0, 0.05) is 5.56 Å². The number of rotatable bonds is 6. The number of ether oxygens (including phenoxy) is 1. The molecule has 1 aromatic rings. The van der Waals surface area contributed by atoms with E-state index in [9.17, 15) is 14.4 Å². The number of carbonyl (C=O) groups is 3. The Hall–Kier alpha value is -2.63. The molecule has 1 rings (SSSR count). The minimum Gasteiger partial charge on any atom is -0.480 e. The Bertz CT molecular complexity index is 536. The average molecular weight is 277 g/mol. The fourth-order valence-corrected chi connectivity index (χ4v) is 1.47. The molecule has 1 amide bonds. The van der Waals surface area contributed by atoms with Crippen LogP contribution in [-0.2, 0) is 14.3 Å². The quantitative estimate of drug-likeness (QED) is 0.759. The van der Waals surface area contributed by atoms with Gasteiger partial charge in [0.05, 0.1) is 13.5 Å². The van der Waals surface area contributed by atoms with Gasteiger partial charge in [-0.15, -0.1) is 0 Å². The first kappa shape index (κ1) is 15.4. The van der Waals surface area contributed by atoms with Crippen molar-refractivity contribution in [1.29, 1.82) is 0 Å². The van der Waals surface area contributed by atoms with Crippen LogP contribution in [0.4, 0.5) is 0 Å². The summed E-state index contributed by atoms with van der Waals surface area (Å²) in [6.45, 7) is -0.445. The number of esters is 1. The molecule has 0 bridgehead atoms. The standard InChI is InChI=1S/C14H15NO5/c1-20-13(18)8-4-6-10-5-2-3-7-11(10)14(19)15-9-12(16)17/h2-7H,8-9H2,1H3,(H,15,19)(H,16,17). The zero-order valence-electron chi connectivity index (χ0n) is 11.0. The van der Waals surface area contributed by atoms with Crippen LogP contribution in [0.1, 0.15) is 22.3 Å². The van der Waals surface area contributed by atoms with Gasteiger partial charge in [-0.1, -0.05) is 30.4 Å². The lowest BCUT2D eigenvalue weighted by Crippen LogP contribution is -2.29. The van der Waals surface area contributed by atoms with Crippen molar-refractivity contribution in [3.05, 3.63) is 41.5 Å². The minimum absolute atomic E-state index is 0.0988. The topological polar surface area (TPSA) is 92.7 Å². The zero-order chi connectivity index (χ0) is 15.0. The lowest BCUT2D eigenvalue weighted by atomic mass is 10.1. The number of methoxy groups -OCH3 is 1. The SMILES string of the molecule is COC(=O)CC=Cc1ccccc1C(=O)NCC(=O)O. The molecular weight excluding hydrogens is 262 g/mol. The third-order valence-electron chi connectivity index (χ3n) is 2.42. The van der Waals surface area contributed by atoms with E-state index in [4.69, 9.17) is 5.11 Å². The summed E-state index contributed by atoms with van der Waals surface area (Å²) in [6, 6.07) is 6.69. The second-order valence-electron chi connectivity index (χ2n) is 3.85. The van der Waals surface area contributed by atoms with Crippen molar-refractivity contribution in [2.75, 3.05) is 13.7 Å². The molecule has 1 aromatic carbocycles. The molecule has 6 heteroatoms. The van der Waals surface area contributed by atoms with Crippen molar-refractivity contribution in [3.8, 4) is 0 Å². The summed E-state index contributed by atoms with van der Waals surface area (Å²) in [7, 11) is 1.30. The third kappa shape index (κ3) is 4.93. The van der Waals surface area contributed by atoms with E-state index in [1.807, 2.05) is 0 Å². The largest absolute Gasteiger partial charge is 0.480 e. The number of benzene rings is 1. The van der Waals surface area contributed by atoms with Crippen LogP contribution in [0.5, 0.6) is 0 Å². The molecule has 0 saturated heterocycles. The molecule has 0 saturated carbocycles. The van der Waals surface area contributed by atoms with Crippen molar-refractivity contribution in [2.45, 2.75) is 6.42 Å². The number of aliphatic carboxylic acids is 1. The molecule has 0 heterocycles. The Morgan fingerprint density at radius 2 is 2.00 bits per heavy atom. The predicted molar refractivity (Wildman–Crippen MR) is 72.1 cm³/mol. The van der Waals surface area contributed by atoms with Crippen LogP contribution in [0.3, 0.4) is 0 Å². The van der Waals surface area contributed by atoms with Crippen molar-refractivity contribution < 1.29 is 24.2 Å². The predicted octanol–water partition coefficient (Wildman–Crippen LogP) is 1.08. The molecular formula is C14H15NO5. The number of carboxylic acids is 1. The van der Waals surface area contributed by atoms with Crippen LogP contribution in [0.2, 0.25) is 0 Å². The van der Waals surface area contributed by atoms with Crippen LogP contribution in [0.15, 0.2) is 30.3 Å². The molecule has 0 atom stereocenters. The first-order valence-electron chi connectivity index (χ1n) is 5.87. The van der Waals surface area contributed by atoms with E-state index < -0.39 is 18.4 Å².